The van der Waals surface area contributed by atoms with Crippen molar-refractivity contribution < 1.29 is 14.2 Å². The van der Waals surface area contributed by atoms with Crippen LogP contribution in [0.4, 0.5) is 0 Å². The third-order valence-corrected chi connectivity index (χ3v) is 4.80. The van der Waals surface area contributed by atoms with Crippen molar-refractivity contribution in [3.8, 4) is 11.5 Å². The summed E-state index contributed by atoms with van der Waals surface area (Å²) < 4.78 is 17.0. The van der Waals surface area contributed by atoms with Crippen molar-refractivity contribution in [2.24, 2.45) is 4.99 Å². The average Bonchev–Trinajstić information content (AvgIpc) is 2.76. The molecule has 3 rings (SSSR count). The van der Waals surface area contributed by atoms with Crippen LogP contribution in [0.1, 0.15) is 17.5 Å². The van der Waals surface area contributed by atoms with Gasteiger partial charge in [-0.25, -0.2) is 0 Å². The average molecular weight is 383 g/mol. The van der Waals surface area contributed by atoms with E-state index in [2.05, 4.69) is 34.2 Å². The van der Waals surface area contributed by atoms with E-state index in [-0.39, 0.29) is 0 Å². The van der Waals surface area contributed by atoms with E-state index in [1.807, 2.05) is 30.5 Å². The Morgan fingerprint density at radius 2 is 1.89 bits per heavy atom. The number of rotatable bonds is 10. The Kier molecular flexibility index (Phi) is 8.34. The van der Waals surface area contributed by atoms with Crippen LogP contribution in [0.15, 0.2) is 53.5 Å². The van der Waals surface area contributed by atoms with Gasteiger partial charge in [-0.05, 0) is 30.5 Å². The molecule has 28 heavy (non-hydrogen) atoms. The molecule has 0 aliphatic carbocycles. The molecule has 1 aliphatic rings. The summed E-state index contributed by atoms with van der Waals surface area (Å²) in [5.41, 5.74) is 2.25. The summed E-state index contributed by atoms with van der Waals surface area (Å²) in [5, 5.41) is 0. The van der Waals surface area contributed by atoms with E-state index < -0.39 is 0 Å². The highest BCUT2D eigenvalue weighted by Gasteiger charge is 2.11. The van der Waals surface area contributed by atoms with Crippen LogP contribution in [0.25, 0.3) is 0 Å². The normalized spacial score (nSPS) is 15.0. The van der Waals surface area contributed by atoms with Gasteiger partial charge in [0.1, 0.15) is 0 Å². The van der Waals surface area contributed by atoms with Gasteiger partial charge in [-0.1, -0.05) is 36.4 Å². The Labute approximate surface area is 167 Å². The molecule has 2 aromatic carbocycles. The van der Waals surface area contributed by atoms with Gasteiger partial charge in [0.2, 0.25) is 0 Å². The van der Waals surface area contributed by atoms with Gasteiger partial charge in [-0.15, -0.1) is 0 Å². The second-order valence-electron chi connectivity index (χ2n) is 6.81. The van der Waals surface area contributed by atoms with Gasteiger partial charge < -0.3 is 14.2 Å². The standard InChI is InChI=1S/C23H30N2O3/c1-26-22-10-5-9-21(19-24-12-11-20-7-3-2-4-8-20)23(22)28-16-6-13-25-14-17-27-18-15-25/h2-5,7-10,19H,6,11-18H2,1H3. The predicted octanol–water partition coefficient (Wildman–Crippen LogP) is 3.46. The molecule has 1 fully saturated rings. The van der Waals surface area contributed by atoms with Crippen LogP contribution in [0.2, 0.25) is 0 Å². The molecule has 0 N–H and O–H groups in total. The van der Waals surface area contributed by atoms with Gasteiger partial charge in [-0.2, -0.15) is 0 Å². The SMILES string of the molecule is COc1cccc(C=NCCc2ccccc2)c1OCCCN1CCOCC1. The summed E-state index contributed by atoms with van der Waals surface area (Å²) in [5.74, 6) is 1.52. The zero-order chi connectivity index (χ0) is 19.4. The van der Waals surface area contributed by atoms with Gasteiger partial charge >= 0.3 is 0 Å². The van der Waals surface area contributed by atoms with Crippen molar-refractivity contribution >= 4 is 6.21 Å². The molecule has 1 heterocycles. The minimum Gasteiger partial charge on any atom is -0.493 e. The molecule has 0 radical (unpaired) electrons. The summed E-state index contributed by atoms with van der Waals surface area (Å²) in [6.45, 7) is 6.11. The minimum atomic E-state index is 0.655. The number of hydrogen-bond acceptors (Lipinski definition) is 5. The van der Waals surface area contributed by atoms with E-state index in [9.17, 15) is 0 Å². The first-order valence-corrected chi connectivity index (χ1v) is 10.0. The highest BCUT2D eigenvalue weighted by atomic mass is 16.5. The summed E-state index contributed by atoms with van der Waals surface area (Å²) in [6, 6.07) is 16.3. The zero-order valence-electron chi connectivity index (χ0n) is 16.7. The number of para-hydroxylation sites is 1. The Morgan fingerprint density at radius 3 is 2.68 bits per heavy atom. The van der Waals surface area contributed by atoms with Crippen molar-refractivity contribution in [3.05, 3.63) is 59.7 Å². The fourth-order valence-electron chi connectivity index (χ4n) is 3.24. The first-order chi connectivity index (χ1) is 13.9. The lowest BCUT2D eigenvalue weighted by atomic mass is 10.1. The predicted molar refractivity (Wildman–Crippen MR) is 113 cm³/mol. The fraction of sp³-hybridized carbons (Fsp3) is 0.435. The quantitative estimate of drug-likeness (QED) is 0.466. The third-order valence-electron chi connectivity index (χ3n) is 4.80. The minimum absolute atomic E-state index is 0.655. The lowest BCUT2D eigenvalue weighted by Crippen LogP contribution is -2.37. The molecule has 2 aromatic rings. The largest absolute Gasteiger partial charge is 0.493 e. The number of morpholine rings is 1. The molecule has 0 unspecified atom stereocenters. The van der Waals surface area contributed by atoms with Gasteiger partial charge in [-0.3, -0.25) is 9.89 Å². The molecule has 0 spiro atoms. The lowest BCUT2D eigenvalue weighted by Gasteiger charge is -2.26. The molecule has 0 aromatic heterocycles. The number of methoxy groups -OCH3 is 1. The van der Waals surface area contributed by atoms with Crippen molar-refractivity contribution in [1.82, 2.24) is 4.90 Å². The first kappa shape index (κ1) is 20.4. The maximum absolute atomic E-state index is 6.09. The molecule has 5 heteroatoms. The fourth-order valence-corrected chi connectivity index (χ4v) is 3.24. The Bertz CT molecular complexity index is 728. The molecular weight excluding hydrogens is 352 g/mol. The van der Waals surface area contributed by atoms with Gasteiger partial charge in [0.05, 0.1) is 26.9 Å². The smallest absolute Gasteiger partial charge is 0.169 e. The van der Waals surface area contributed by atoms with Crippen molar-refractivity contribution in [2.75, 3.05) is 53.1 Å². The maximum atomic E-state index is 6.09. The Balaban J connectivity index is 1.52. The third kappa shape index (κ3) is 6.36. The van der Waals surface area contributed by atoms with E-state index in [0.29, 0.717) is 6.61 Å². The van der Waals surface area contributed by atoms with Crippen LogP contribution >= 0.6 is 0 Å². The number of aliphatic imine (C=N–C) groups is 1. The van der Waals surface area contributed by atoms with Gasteiger partial charge in [0.15, 0.2) is 11.5 Å². The summed E-state index contributed by atoms with van der Waals surface area (Å²) in [4.78, 5) is 7.01. The van der Waals surface area contributed by atoms with Gasteiger partial charge in [0.25, 0.3) is 0 Å². The zero-order valence-corrected chi connectivity index (χ0v) is 16.7. The second kappa shape index (κ2) is 11.5. The molecule has 1 aliphatic heterocycles. The van der Waals surface area contributed by atoms with Crippen LogP contribution in [0.5, 0.6) is 11.5 Å². The summed E-state index contributed by atoms with van der Waals surface area (Å²) >= 11 is 0. The van der Waals surface area contributed by atoms with E-state index in [4.69, 9.17) is 14.2 Å². The highest BCUT2D eigenvalue weighted by molar-refractivity contribution is 5.85. The summed E-state index contributed by atoms with van der Waals surface area (Å²) in [7, 11) is 1.67. The molecule has 0 saturated carbocycles. The van der Waals surface area contributed by atoms with E-state index in [1.165, 1.54) is 5.56 Å². The molecular formula is C23H30N2O3. The number of ether oxygens (including phenoxy) is 3. The van der Waals surface area contributed by atoms with Crippen LogP contribution in [-0.2, 0) is 11.2 Å². The summed E-state index contributed by atoms with van der Waals surface area (Å²) in [6.07, 6.45) is 3.79. The molecule has 1 saturated heterocycles. The number of hydrogen-bond donors (Lipinski definition) is 0. The molecule has 0 amide bonds. The number of nitrogens with zero attached hydrogens (tertiary/aromatic N) is 2. The first-order valence-electron chi connectivity index (χ1n) is 10.0. The van der Waals surface area contributed by atoms with Crippen LogP contribution < -0.4 is 9.47 Å². The van der Waals surface area contributed by atoms with E-state index in [1.54, 1.807) is 7.11 Å². The molecule has 5 nitrogen and oxygen atoms in total. The van der Waals surface area contributed by atoms with Crippen LogP contribution in [0, 0.1) is 0 Å². The lowest BCUT2D eigenvalue weighted by molar-refractivity contribution is 0.0357. The van der Waals surface area contributed by atoms with Crippen molar-refractivity contribution in [1.29, 1.82) is 0 Å². The molecule has 150 valence electrons. The second-order valence-corrected chi connectivity index (χ2v) is 6.81. The van der Waals surface area contributed by atoms with Crippen molar-refractivity contribution in [2.45, 2.75) is 12.8 Å². The van der Waals surface area contributed by atoms with Gasteiger partial charge in [0, 0.05) is 38.0 Å². The molecule has 0 bridgehead atoms. The number of benzene rings is 2. The topological polar surface area (TPSA) is 43.3 Å². The molecule has 0 atom stereocenters. The Hall–Kier alpha value is -2.37. The van der Waals surface area contributed by atoms with E-state index >= 15 is 0 Å². The van der Waals surface area contributed by atoms with Crippen molar-refractivity contribution in [3.63, 3.8) is 0 Å². The monoisotopic (exact) mass is 382 g/mol. The van der Waals surface area contributed by atoms with E-state index in [0.717, 1.165) is 69.3 Å². The Morgan fingerprint density at radius 1 is 1.07 bits per heavy atom. The maximum Gasteiger partial charge on any atom is 0.169 e. The van der Waals surface area contributed by atoms with Crippen LogP contribution in [0.3, 0.4) is 0 Å². The van der Waals surface area contributed by atoms with Crippen LogP contribution in [-0.4, -0.2) is 64.2 Å². The highest BCUT2D eigenvalue weighted by Crippen LogP contribution is 2.30.